The second-order valence-electron chi connectivity index (χ2n) is 3.73. The number of hydrogen-bond acceptors (Lipinski definition) is 4. The number of ether oxygens (including phenoxy) is 1. The summed E-state index contributed by atoms with van der Waals surface area (Å²) in [6.45, 7) is 3.66. The maximum Gasteiger partial charge on any atom is 0.192 e. The van der Waals surface area contributed by atoms with E-state index in [9.17, 15) is 0 Å². The van der Waals surface area contributed by atoms with Gasteiger partial charge in [-0.25, -0.2) is 4.98 Å². The Hall–Kier alpha value is -1.55. The fourth-order valence-electron chi connectivity index (χ4n) is 1.65. The highest BCUT2D eigenvalue weighted by atomic mass is 16.5. The SMILES string of the molecule is Cc1nc2c(OC3CNC3)cccc2o1. The summed E-state index contributed by atoms with van der Waals surface area (Å²) >= 11 is 0. The summed E-state index contributed by atoms with van der Waals surface area (Å²) in [5.41, 5.74) is 1.61. The van der Waals surface area contributed by atoms with Crippen LogP contribution in [0.1, 0.15) is 5.89 Å². The van der Waals surface area contributed by atoms with Crippen LogP contribution < -0.4 is 10.1 Å². The molecule has 1 saturated heterocycles. The number of benzene rings is 1. The number of para-hydroxylation sites is 1. The van der Waals surface area contributed by atoms with Gasteiger partial charge >= 0.3 is 0 Å². The highest BCUT2D eigenvalue weighted by Crippen LogP contribution is 2.26. The molecule has 1 aromatic carbocycles. The molecule has 0 aliphatic carbocycles. The minimum atomic E-state index is 0.271. The van der Waals surface area contributed by atoms with Crippen LogP contribution in [-0.2, 0) is 0 Å². The first kappa shape index (κ1) is 8.73. The van der Waals surface area contributed by atoms with E-state index in [4.69, 9.17) is 9.15 Å². The van der Waals surface area contributed by atoms with Gasteiger partial charge in [0.2, 0.25) is 0 Å². The monoisotopic (exact) mass is 204 g/mol. The molecule has 2 aromatic rings. The van der Waals surface area contributed by atoms with Crippen LogP contribution in [0.4, 0.5) is 0 Å². The molecule has 15 heavy (non-hydrogen) atoms. The van der Waals surface area contributed by atoms with E-state index in [0.717, 1.165) is 29.9 Å². The lowest BCUT2D eigenvalue weighted by atomic mass is 10.2. The van der Waals surface area contributed by atoms with Crippen LogP contribution in [0.2, 0.25) is 0 Å². The Morgan fingerprint density at radius 3 is 3.07 bits per heavy atom. The number of aryl methyl sites for hydroxylation is 1. The Bertz CT molecular complexity index is 488. The van der Waals surface area contributed by atoms with E-state index in [1.54, 1.807) is 0 Å². The van der Waals surface area contributed by atoms with Gasteiger partial charge in [-0.1, -0.05) is 6.07 Å². The average molecular weight is 204 g/mol. The molecule has 0 unspecified atom stereocenters. The topological polar surface area (TPSA) is 47.3 Å². The lowest BCUT2D eigenvalue weighted by Gasteiger charge is -2.27. The lowest BCUT2D eigenvalue weighted by Crippen LogP contribution is -2.50. The Labute approximate surface area is 87.2 Å². The maximum absolute atomic E-state index is 5.79. The number of rotatable bonds is 2. The summed E-state index contributed by atoms with van der Waals surface area (Å²) in [6.07, 6.45) is 0.271. The minimum absolute atomic E-state index is 0.271. The number of nitrogens with one attached hydrogen (secondary N) is 1. The maximum atomic E-state index is 5.79. The largest absolute Gasteiger partial charge is 0.485 e. The Morgan fingerprint density at radius 2 is 2.33 bits per heavy atom. The zero-order chi connectivity index (χ0) is 10.3. The molecule has 1 aromatic heterocycles. The summed E-state index contributed by atoms with van der Waals surface area (Å²) in [6, 6.07) is 5.76. The van der Waals surface area contributed by atoms with E-state index in [1.165, 1.54) is 0 Å². The van der Waals surface area contributed by atoms with Crippen molar-refractivity contribution in [2.75, 3.05) is 13.1 Å². The molecular weight excluding hydrogens is 192 g/mol. The van der Waals surface area contributed by atoms with Crippen molar-refractivity contribution in [1.29, 1.82) is 0 Å². The highest BCUT2D eigenvalue weighted by molar-refractivity contribution is 5.79. The zero-order valence-electron chi connectivity index (χ0n) is 8.49. The minimum Gasteiger partial charge on any atom is -0.485 e. The normalized spacial score (nSPS) is 16.6. The van der Waals surface area contributed by atoms with Crippen molar-refractivity contribution in [3.8, 4) is 5.75 Å². The molecule has 1 fully saturated rings. The van der Waals surface area contributed by atoms with Gasteiger partial charge in [0.25, 0.3) is 0 Å². The van der Waals surface area contributed by atoms with Gasteiger partial charge in [-0.05, 0) is 12.1 Å². The second-order valence-corrected chi connectivity index (χ2v) is 3.73. The van der Waals surface area contributed by atoms with E-state index in [-0.39, 0.29) is 6.10 Å². The van der Waals surface area contributed by atoms with Crippen molar-refractivity contribution in [3.63, 3.8) is 0 Å². The van der Waals surface area contributed by atoms with Gasteiger partial charge < -0.3 is 14.5 Å². The zero-order valence-corrected chi connectivity index (χ0v) is 8.49. The van der Waals surface area contributed by atoms with Gasteiger partial charge in [0, 0.05) is 20.0 Å². The quantitative estimate of drug-likeness (QED) is 0.805. The van der Waals surface area contributed by atoms with Gasteiger partial charge in [0.1, 0.15) is 11.9 Å². The van der Waals surface area contributed by atoms with Crippen molar-refractivity contribution in [2.45, 2.75) is 13.0 Å². The Kier molecular flexibility index (Phi) is 1.89. The van der Waals surface area contributed by atoms with Crippen molar-refractivity contribution in [2.24, 2.45) is 0 Å². The summed E-state index contributed by atoms with van der Waals surface area (Å²) < 4.78 is 11.2. The van der Waals surface area contributed by atoms with Crippen molar-refractivity contribution in [3.05, 3.63) is 24.1 Å². The van der Waals surface area contributed by atoms with Crippen LogP contribution in [0.5, 0.6) is 5.75 Å². The standard InChI is InChI=1S/C11H12N2O2/c1-7-13-11-9(14-7)3-2-4-10(11)15-8-5-12-6-8/h2-4,8,12H,5-6H2,1H3. The first-order valence-corrected chi connectivity index (χ1v) is 5.06. The molecule has 0 bridgehead atoms. The smallest absolute Gasteiger partial charge is 0.192 e. The van der Waals surface area contributed by atoms with E-state index in [0.29, 0.717) is 5.89 Å². The number of hydrogen-bond donors (Lipinski definition) is 1. The molecule has 1 aliphatic heterocycles. The van der Waals surface area contributed by atoms with Crippen LogP contribution in [0.3, 0.4) is 0 Å². The van der Waals surface area contributed by atoms with Gasteiger partial charge in [0.05, 0.1) is 0 Å². The molecule has 0 saturated carbocycles. The van der Waals surface area contributed by atoms with Gasteiger partial charge in [-0.3, -0.25) is 0 Å². The molecule has 0 amide bonds. The fourth-order valence-corrected chi connectivity index (χ4v) is 1.65. The molecule has 4 nitrogen and oxygen atoms in total. The predicted octanol–water partition coefficient (Wildman–Crippen LogP) is 1.49. The third-order valence-electron chi connectivity index (χ3n) is 2.53. The highest BCUT2D eigenvalue weighted by Gasteiger charge is 2.20. The van der Waals surface area contributed by atoms with Crippen LogP contribution in [-0.4, -0.2) is 24.2 Å². The molecular formula is C11H12N2O2. The summed E-state index contributed by atoms with van der Waals surface area (Å²) in [5.74, 6) is 1.49. The summed E-state index contributed by atoms with van der Waals surface area (Å²) in [4.78, 5) is 4.31. The molecule has 3 rings (SSSR count). The predicted molar refractivity (Wildman–Crippen MR) is 56.0 cm³/mol. The average Bonchev–Trinajstić information content (AvgIpc) is 2.52. The number of fused-ring (bicyclic) bond motifs is 1. The first-order chi connectivity index (χ1) is 7.33. The second kappa shape index (κ2) is 3.24. The number of nitrogens with zero attached hydrogens (tertiary/aromatic N) is 1. The van der Waals surface area contributed by atoms with Crippen molar-refractivity contribution in [1.82, 2.24) is 10.3 Å². The van der Waals surface area contributed by atoms with Crippen LogP contribution >= 0.6 is 0 Å². The number of oxazole rings is 1. The van der Waals surface area contributed by atoms with Gasteiger partial charge in [-0.15, -0.1) is 0 Å². The molecule has 78 valence electrons. The Morgan fingerprint density at radius 1 is 1.47 bits per heavy atom. The van der Waals surface area contributed by atoms with E-state index < -0.39 is 0 Å². The third-order valence-corrected chi connectivity index (χ3v) is 2.53. The van der Waals surface area contributed by atoms with Gasteiger partial charge in [-0.2, -0.15) is 0 Å². The number of aromatic nitrogens is 1. The van der Waals surface area contributed by atoms with Crippen molar-refractivity contribution >= 4 is 11.1 Å². The molecule has 0 radical (unpaired) electrons. The third kappa shape index (κ3) is 1.47. The molecule has 4 heteroatoms. The van der Waals surface area contributed by atoms with E-state index in [2.05, 4.69) is 10.3 Å². The summed E-state index contributed by atoms with van der Waals surface area (Å²) in [5, 5.41) is 3.17. The first-order valence-electron chi connectivity index (χ1n) is 5.06. The lowest BCUT2D eigenvalue weighted by molar-refractivity contribution is 0.144. The van der Waals surface area contributed by atoms with Gasteiger partial charge in [0.15, 0.2) is 17.0 Å². The van der Waals surface area contributed by atoms with Crippen LogP contribution in [0.15, 0.2) is 22.6 Å². The van der Waals surface area contributed by atoms with Crippen molar-refractivity contribution < 1.29 is 9.15 Å². The van der Waals surface area contributed by atoms with Crippen LogP contribution in [0.25, 0.3) is 11.1 Å². The van der Waals surface area contributed by atoms with Crippen LogP contribution in [0, 0.1) is 6.92 Å². The van der Waals surface area contributed by atoms with E-state index in [1.807, 2.05) is 25.1 Å². The molecule has 0 spiro atoms. The molecule has 2 heterocycles. The molecule has 0 atom stereocenters. The molecule has 1 N–H and O–H groups in total. The fraction of sp³-hybridized carbons (Fsp3) is 0.364. The van der Waals surface area contributed by atoms with E-state index >= 15 is 0 Å². The molecule has 1 aliphatic rings. The summed E-state index contributed by atoms with van der Waals surface area (Å²) in [7, 11) is 0. The Balaban J connectivity index is 2.00.